The molecule has 2 aromatic rings. The second kappa shape index (κ2) is 9.28. The van der Waals surface area contributed by atoms with Crippen LogP contribution < -0.4 is 10.1 Å². The molecule has 170 valence electrons. The average molecular weight is 438 g/mol. The highest BCUT2D eigenvalue weighted by molar-refractivity contribution is 5.92. The quantitative estimate of drug-likeness (QED) is 0.777. The second-order valence-electron chi connectivity index (χ2n) is 8.63. The van der Waals surface area contributed by atoms with Crippen molar-refractivity contribution in [3.63, 3.8) is 0 Å². The Morgan fingerprint density at radius 1 is 1.06 bits per heavy atom. The summed E-state index contributed by atoms with van der Waals surface area (Å²) in [6.07, 6.45) is 4.34. The van der Waals surface area contributed by atoms with Gasteiger partial charge in [-0.1, -0.05) is 18.2 Å². The van der Waals surface area contributed by atoms with Crippen LogP contribution in [-0.4, -0.2) is 62.2 Å². The van der Waals surface area contributed by atoms with Gasteiger partial charge in [-0.3, -0.25) is 14.6 Å². The van der Waals surface area contributed by atoms with Gasteiger partial charge in [0.05, 0.1) is 18.2 Å². The lowest BCUT2D eigenvalue weighted by atomic mass is 9.71. The first-order valence-electron chi connectivity index (χ1n) is 11.2. The molecule has 1 aromatic carbocycles. The zero-order valence-electron chi connectivity index (χ0n) is 18.8. The third kappa shape index (κ3) is 3.86. The minimum atomic E-state index is -0.851. The van der Waals surface area contributed by atoms with Gasteiger partial charge in [-0.15, -0.1) is 0 Å². The predicted molar refractivity (Wildman–Crippen MR) is 121 cm³/mol. The van der Waals surface area contributed by atoms with Gasteiger partial charge in [0.1, 0.15) is 11.2 Å². The highest BCUT2D eigenvalue weighted by Crippen LogP contribution is 2.40. The highest BCUT2D eigenvalue weighted by atomic mass is 16.5. The van der Waals surface area contributed by atoms with Crippen LogP contribution in [0.25, 0.3) is 0 Å². The van der Waals surface area contributed by atoms with Crippen LogP contribution in [0.3, 0.4) is 0 Å². The van der Waals surface area contributed by atoms with E-state index in [1.807, 2.05) is 47.4 Å². The minimum absolute atomic E-state index is 0.0647. The van der Waals surface area contributed by atoms with E-state index in [1.165, 1.54) is 0 Å². The van der Waals surface area contributed by atoms with E-state index in [2.05, 4.69) is 10.3 Å². The van der Waals surface area contributed by atoms with E-state index >= 15 is 0 Å². The van der Waals surface area contributed by atoms with Gasteiger partial charge in [0.2, 0.25) is 11.8 Å². The van der Waals surface area contributed by atoms with Gasteiger partial charge in [-0.2, -0.15) is 0 Å². The third-order valence-corrected chi connectivity index (χ3v) is 6.99. The van der Waals surface area contributed by atoms with Crippen molar-refractivity contribution in [2.45, 2.75) is 36.5 Å². The van der Waals surface area contributed by atoms with Gasteiger partial charge in [0.15, 0.2) is 0 Å². The van der Waals surface area contributed by atoms with Gasteiger partial charge in [0.25, 0.3) is 0 Å². The van der Waals surface area contributed by atoms with E-state index in [-0.39, 0.29) is 11.8 Å². The lowest BCUT2D eigenvalue weighted by Gasteiger charge is -2.46. The number of ether oxygens (including phenoxy) is 2. The number of hydrogen-bond donors (Lipinski definition) is 1. The standard InChI is InChI=1S/C25H31N3O4/c1-26-22(29)25(21-6-3-4-14-27-21)11-5-15-28(18-25)23(30)24(12-16-32-17-13-24)19-7-9-20(31-2)10-8-19/h3-4,6-10,14H,5,11-13,15-18H2,1-2H3,(H,26,29). The molecule has 7 nitrogen and oxygen atoms in total. The fourth-order valence-electron chi connectivity index (χ4n) is 5.18. The number of carbonyl (C=O) groups is 2. The lowest BCUT2D eigenvalue weighted by Crippen LogP contribution is -2.59. The molecular formula is C25H31N3O4. The Labute approximate surface area is 189 Å². The number of nitrogens with zero attached hydrogens (tertiary/aromatic N) is 2. The number of likely N-dealkylation sites (N-methyl/N-ethyl adjacent to an activating group) is 1. The van der Waals surface area contributed by atoms with Gasteiger partial charge in [-0.25, -0.2) is 0 Å². The number of amides is 2. The van der Waals surface area contributed by atoms with Crippen LogP contribution in [0.1, 0.15) is 36.9 Å². The van der Waals surface area contributed by atoms with Crippen molar-refractivity contribution in [2.24, 2.45) is 0 Å². The van der Waals surface area contributed by atoms with Crippen LogP contribution in [0.15, 0.2) is 48.7 Å². The Hall–Kier alpha value is -2.93. The van der Waals surface area contributed by atoms with Crippen molar-refractivity contribution in [1.29, 1.82) is 0 Å². The lowest BCUT2D eigenvalue weighted by molar-refractivity contribution is -0.145. The maximum atomic E-state index is 14.1. The SMILES string of the molecule is CNC(=O)C1(c2ccccn2)CCCN(C(=O)C2(c3ccc(OC)cc3)CCOCC2)C1. The number of carbonyl (C=O) groups excluding carboxylic acids is 2. The maximum absolute atomic E-state index is 14.1. The molecule has 7 heteroatoms. The van der Waals surface area contributed by atoms with Crippen molar-refractivity contribution >= 4 is 11.8 Å². The molecule has 2 fully saturated rings. The predicted octanol–water partition coefficient (Wildman–Crippen LogP) is 2.44. The summed E-state index contributed by atoms with van der Waals surface area (Å²) in [6, 6.07) is 13.4. The van der Waals surface area contributed by atoms with E-state index in [1.54, 1.807) is 20.4 Å². The van der Waals surface area contributed by atoms with Crippen molar-refractivity contribution in [2.75, 3.05) is 40.5 Å². The molecule has 1 unspecified atom stereocenters. The van der Waals surface area contributed by atoms with Gasteiger partial charge < -0.3 is 19.7 Å². The molecule has 4 rings (SSSR count). The van der Waals surface area contributed by atoms with E-state index < -0.39 is 10.8 Å². The molecule has 0 radical (unpaired) electrons. The molecule has 0 spiro atoms. The molecule has 0 aliphatic carbocycles. The van der Waals surface area contributed by atoms with Crippen molar-refractivity contribution in [3.05, 3.63) is 59.9 Å². The Morgan fingerprint density at radius 3 is 2.44 bits per heavy atom. The molecule has 2 aliphatic rings. The van der Waals surface area contributed by atoms with Crippen molar-refractivity contribution in [1.82, 2.24) is 15.2 Å². The first-order chi connectivity index (χ1) is 15.6. The van der Waals surface area contributed by atoms with Gasteiger partial charge in [-0.05, 0) is 55.5 Å². The summed E-state index contributed by atoms with van der Waals surface area (Å²) in [5, 5.41) is 2.82. The number of aromatic nitrogens is 1. The van der Waals surface area contributed by atoms with E-state index in [9.17, 15) is 9.59 Å². The molecular weight excluding hydrogens is 406 g/mol. The number of hydrogen-bond acceptors (Lipinski definition) is 5. The summed E-state index contributed by atoms with van der Waals surface area (Å²) in [6.45, 7) is 2.02. The molecule has 3 heterocycles. The maximum Gasteiger partial charge on any atom is 0.233 e. The monoisotopic (exact) mass is 437 g/mol. The van der Waals surface area contributed by atoms with Crippen molar-refractivity contribution < 1.29 is 19.1 Å². The fraction of sp³-hybridized carbons (Fsp3) is 0.480. The van der Waals surface area contributed by atoms with Gasteiger partial charge in [0, 0.05) is 39.5 Å². The van der Waals surface area contributed by atoms with Crippen LogP contribution in [0, 0.1) is 0 Å². The Balaban J connectivity index is 1.70. The Kier molecular flexibility index (Phi) is 6.46. The zero-order valence-corrected chi connectivity index (χ0v) is 18.8. The molecule has 0 bridgehead atoms. The number of nitrogens with one attached hydrogen (secondary N) is 1. The molecule has 1 aromatic heterocycles. The fourth-order valence-corrected chi connectivity index (χ4v) is 5.18. The smallest absolute Gasteiger partial charge is 0.233 e. The summed E-state index contributed by atoms with van der Waals surface area (Å²) in [5.74, 6) is 0.726. The number of likely N-dealkylation sites (tertiary alicyclic amines) is 1. The van der Waals surface area contributed by atoms with Crippen LogP contribution in [0.2, 0.25) is 0 Å². The molecule has 2 saturated heterocycles. The minimum Gasteiger partial charge on any atom is -0.497 e. The Bertz CT molecular complexity index is 941. The molecule has 1 atom stereocenters. The third-order valence-electron chi connectivity index (χ3n) is 6.99. The van der Waals surface area contributed by atoms with E-state index in [4.69, 9.17) is 9.47 Å². The molecule has 0 saturated carbocycles. The molecule has 32 heavy (non-hydrogen) atoms. The summed E-state index contributed by atoms with van der Waals surface area (Å²) in [7, 11) is 3.28. The molecule has 1 N–H and O–H groups in total. The topological polar surface area (TPSA) is 80.8 Å². The first-order valence-corrected chi connectivity index (χ1v) is 11.2. The second-order valence-corrected chi connectivity index (χ2v) is 8.63. The van der Waals surface area contributed by atoms with E-state index in [0.29, 0.717) is 51.3 Å². The summed E-state index contributed by atoms with van der Waals surface area (Å²) < 4.78 is 10.9. The molecule has 2 amide bonds. The average Bonchev–Trinajstić information content (AvgIpc) is 2.88. The summed E-state index contributed by atoms with van der Waals surface area (Å²) in [4.78, 5) is 33.7. The highest BCUT2D eigenvalue weighted by Gasteiger charge is 2.50. The molecule has 2 aliphatic heterocycles. The Morgan fingerprint density at radius 2 is 1.81 bits per heavy atom. The normalized spacial score (nSPS) is 22.8. The van der Waals surface area contributed by atoms with Crippen LogP contribution in [0.5, 0.6) is 5.75 Å². The van der Waals surface area contributed by atoms with Crippen LogP contribution >= 0.6 is 0 Å². The largest absolute Gasteiger partial charge is 0.497 e. The summed E-state index contributed by atoms with van der Waals surface area (Å²) in [5.41, 5.74) is 0.166. The van der Waals surface area contributed by atoms with E-state index in [0.717, 1.165) is 17.7 Å². The zero-order chi connectivity index (χ0) is 22.6. The number of piperidine rings is 1. The summed E-state index contributed by atoms with van der Waals surface area (Å²) >= 11 is 0. The number of methoxy groups -OCH3 is 1. The van der Waals surface area contributed by atoms with Crippen LogP contribution in [0.4, 0.5) is 0 Å². The van der Waals surface area contributed by atoms with Crippen LogP contribution in [-0.2, 0) is 25.2 Å². The number of pyridine rings is 1. The number of rotatable bonds is 5. The number of benzene rings is 1. The van der Waals surface area contributed by atoms with Crippen molar-refractivity contribution in [3.8, 4) is 5.75 Å². The van der Waals surface area contributed by atoms with Gasteiger partial charge >= 0.3 is 0 Å². The first kappa shape index (κ1) is 22.3.